The summed E-state index contributed by atoms with van der Waals surface area (Å²) in [6.07, 6.45) is 0. The molecule has 0 aliphatic heterocycles. The largest absolute Gasteiger partial charge is 0.480 e. The van der Waals surface area contributed by atoms with Crippen LogP contribution in [0.2, 0.25) is 0 Å². The number of rotatable bonds is 3. The van der Waals surface area contributed by atoms with E-state index in [1.54, 1.807) is 24.3 Å². The number of hydrogen-bond acceptors (Lipinski definition) is 7. The van der Waals surface area contributed by atoms with Gasteiger partial charge in [-0.3, -0.25) is 0 Å². The van der Waals surface area contributed by atoms with E-state index in [2.05, 4.69) is 36.3 Å². The number of halogens is 1. The Labute approximate surface area is 128 Å². The second kappa shape index (κ2) is 5.49. The number of ether oxygens (including phenoxy) is 1. The molecule has 0 aliphatic rings. The van der Waals surface area contributed by atoms with Crippen LogP contribution in [0.15, 0.2) is 39.3 Å². The lowest BCUT2D eigenvalue weighted by molar-refractivity contribution is 0.392. The Morgan fingerprint density at radius 2 is 2.05 bits per heavy atom. The first-order chi connectivity index (χ1) is 10.2. The Kier molecular flexibility index (Phi) is 3.53. The van der Waals surface area contributed by atoms with Gasteiger partial charge >= 0.3 is 0 Å². The number of nitrogens with two attached hydrogens (primary N) is 1. The van der Waals surface area contributed by atoms with Crippen molar-refractivity contribution in [1.29, 1.82) is 0 Å². The van der Waals surface area contributed by atoms with Gasteiger partial charge in [-0.2, -0.15) is 4.98 Å². The third-order valence-corrected chi connectivity index (χ3v) is 3.44. The summed E-state index contributed by atoms with van der Waals surface area (Å²) >= 11 is 3.36. The average molecular weight is 348 g/mol. The van der Waals surface area contributed by atoms with Crippen molar-refractivity contribution in [2.45, 2.75) is 0 Å². The van der Waals surface area contributed by atoms with Crippen LogP contribution in [0.25, 0.3) is 23.0 Å². The number of nitrogen functional groups attached to an aromatic ring is 1. The second-order valence-electron chi connectivity index (χ2n) is 4.12. The molecule has 1 aromatic carbocycles. The van der Waals surface area contributed by atoms with E-state index in [0.29, 0.717) is 29.0 Å². The predicted molar refractivity (Wildman–Crippen MR) is 79.4 cm³/mol. The topological polar surface area (TPSA) is 100.0 Å². The van der Waals surface area contributed by atoms with Gasteiger partial charge < -0.3 is 15.0 Å². The van der Waals surface area contributed by atoms with Crippen molar-refractivity contribution in [1.82, 2.24) is 20.3 Å². The predicted octanol–water partition coefficient (Wildman–Crippen LogP) is 2.55. The van der Waals surface area contributed by atoms with Gasteiger partial charge in [0.15, 0.2) is 0 Å². The van der Waals surface area contributed by atoms with E-state index in [1.807, 2.05) is 6.07 Å². The molecule has 0 saturated carbocycles. The Bertz CT molecular complexity index is 772. The van der Waals surface area contributed by atoms with Crippen LogP contribution in [0.3, 0.4) is 0 Å². The zero-order valence-corrected chi connectivity index (χ0v) is 12.5. The van der Waals surface area contributed by atoms with E-state index >= 15 is 0 Å². The van der Waals surface area contributed by atoms with Gasteiger partial charge in [-0.15, -0.1) is 10.2 Å². The molecule has 2 aromatic heterocycles. The minimum atomic E-state index is 0.355. The van der Waals surface area contributed by atoms with Crippen LogP contribution in [0, 0.1) is 0 Å². The first kappa shape index (κ1) is 13.5. The standard InChI is InChI=1S/C13H10BrN5O2/c1-20-11-5-4-10(17-18-11)12-16-13(21-19-12)7-2-3-9(15)8(14)6-7/h2-6H,15H2,1H3. The molecule has 0 fully saturated rings. The van der Waals surface area contributed by atoms with Crippen LogP contribution < -0.4 is 10.5 Å². The summed E-state index contributed by atoms with van der Waals surface area (Å²) in [4.78, 5) is 4.29. The highest BCUT2D eigenvalue weighted by molar-refractivity contribution is 9.10. The molecule has 3 aromatic rings. The lowest BCUT2D eigenvalue weighted by Crippen LogP contribution is -1.93. The molecule has 0 amide bonds. The maximum absolute atomic E-state index is 5.75. The molecule has 0 radical (unpaired) electrons. The Hall–Kier alpha value is -2.48. The van der Waals surface area contributed by atoms with E-state index in [4.69, 9.17) is 15.0 Å². The lowest BCUT2D eigenvalue weighted by atomic mass is 10.2. The second-order valence-corrected chi connectivity index (χ2v) is 4.97. The van der Waals surface area contributed by atoms with Gasteiger partial charge in [0.2, 0.25) is 11.7 Å². The maximum Gasteiger partial charge on any atom is 0.258 e. The molecule has 7 nitrogen and oxygen atoms in total. The van der Waals surface area contributed by atoms with Crippen molar-refractivity contribution < 1.29 is 9.26 Å². The van der Waals surface area contributed by atoms with Gasteiger partial charge in [0.25, 0.3) is 5.89 Å². The normalized spacial score (nSPS) is 10.6. The summed E-state index contributed by atoms with van der Waals surface area (Å²) < 4.78 is 11.0. The molecule has 0 atom stereocenters. The highest BCUT2D eigenvalue weighted by Crippen LogP contribution is 2.27. The van der Waals surface area contributed by atoms with E-state index in [-0.39, 0.29) is 0 Å². The van der Waals surface area contributed by atoms with Gasteiger partial charge in [0.05, 0.1) is 7.11 Å². The molecule has 0 spiro atoms. The highest BCUT2D eigenvalue weighted by Gasteiger charge is 2.13. The van der Waals surface area contributed by atoms with Crippen LogP contribution in [0.4, 0.5) is 5.69 Å². The Morgan fingerprint density at radius 3 is 2.71 bits per heavy atom. The zero-order chi connectivity index (χ0) is 14.8. The van der Waals surface area contributed by atoms with E-state index in [9.17, 15) is 0 Å². The maximum atomic E-state index is 5.75. The molecule has 3 rings (SSSR count). The van der Waals surface area contributed by atoms with Crippen molar-refractivity contribution in [3.63, 3.8) is 0 Å². The quantitative estimate of drug-likeness (QED) is 0.726. The van der Waals surface area contributed by atoms with Gasteiger partial charge in [-0.1, -0.05) is 5.16 Å². The summed E-state index contributed by atoms with van der Waals surface area (Å²) in [5, 5.41) is 11.7. The summed E-state index contributed by atoms with van der Waals surface area (Å²) in [6, 6.07) is 8.76. The Morgan fingerprint density at radius 1 is 1.19 bits per heavy atom. The van der Waals surface area contributed by atoms with Crippen molar-refractivity contribution in [3.05, 3.63) is 34.8 Å². The summed E-state index contributed by atoms with van der Waals surface area (Å²) in [6.45, 7) is 0. The minimum Gasteiger partial charge on any atom is -0.480 e. The first-order valence-electron chi connectivity index (χ1n) is 5.94. The number of methoxy groups -OCH3 is 1. The molecule has 0 saturated heterocycles. The van der Waals surface area contributed by atoms with Crippen LogP contribution >= 0.6 is 15.9 Å². The van der Waals surface area contributed by atoms with Crippen molar-refractivity contribution in [2.24, 2.45) is 0 Å². The number of aromatic nitrogens is 4. The van der Waals surface area contributed by atoms with Gasteiger partial charge in [-0.05, 0) is 40.2 Å². The van der Waals surface area contributed by atoms with Gasteiger partial charge in [-0.25, -0.2) is 0 Å². The van der Waals surface area contributed by atoms with Crippen molar-refractivity contribution >= 4 is 21.6 Å². The minimum absolute atomic E-state index is 0.355. The summed E-state index contributed by atoms with van der Waals surface area (Å²) in [7, 11) is 1.52. The monoisotopic (exact) mass is 347 g/mol. The van der Waals surface area contributed by atoms with Crippen LogP contribution in [0.1, 0.15) is 0 Å². The van der Waals surface area contributed by atoms with Crippen LogP contribution in [-0.2, 0) is 0 Å². The molecule has 8 heteroatoms. The number of hydrogen-bond donors (Lipinski definition) is 1. The van der Waals surface area contributed by atoms with Crippen molar-refractivity contribution in [2.75, 3.05) is 12.8 Å². The van der Waals surface area contributed by atoms with E-state index in [1.165, 1.54) is 7.11 Å². The SMILES string of the molecule is COc1ccc(-c2noc(-c3ccc(N)c(Br)c3)n2)nn1. The van der Waals surface area contributed by atoms with Crippen LogP contribution in [0.5, 0.6) is 5.88 Å². The third kappa shape index (κ3) is 2.70. The fourth-order valence-electron chi connectivity index (χ4n) is 1.65. The molecule has 2 heterocycles. The molecular formula is C13H10BrN5O2. The van der Waals surface area contributed by atoms with Crippen molar-refractivity contribution in [3.8, 4) is 28.9 Å². The molecule has 106 valence electrons. The molecule has 0 unspecified atom stereocenters. The van der Waals surface area contributed by atoms with Gasteiger partial charge in [0.1, 0.15) is 5.69 Å². The number of anilines is 1. The number of benzene rings is 1. The summed E-state index contributed by atoms with van der Waals surface area (Å²) in [5.41, 5.74) is 7.65. The smallest absolute Gasteiger partial charge is 0.258 e. The lowest BCUT2D eigenvalue weighted by Gasteiger charge is -1.99. The zero-order valence-electron chi connectivity index (χ0n) is 10.9. The highest BCUT2D eigenvalue weighted by atomic mass is 79.9. The molecule has 0 aliphatic carbocycles. The molecule has 21 heavy (non-hydrogen) atoms. The fourth-order valence-corrected chi connectivity index (χ4v) is 2.03. The van der Waals surface area contributed by atoms with Crippen LogP contribution in [-0.4, -0.2) is 27.4 Å². The average Bonchev–Trinajstić information content (AvgIpc) is 3.00. The number of nitrogens with zero attached hydrogens (tertiary/aromatic N) is 4. The molecular weight excluding hydrogens is 338 g/mol. The Balaban J connectivity index is 1.93. The first-order valence-corrected chi connectivity index (χ1v) is 6.74. The third-order valence-electron chi connectivity index (χ3n) is 2.75. The van der Waals surface area contributed by atoms with E-state index < -0.39 is 0 Å². The van der Waals surface area contributed by atoms with Gasteiger partial charge in [0, 0.05) is 21.8 Å². The fraction of sp³-hybridized carbons (Fsp3) is 0.0769. The van der Waals surface area contributed by atoms with E-state index in [0.717, 1.165) is 10.0 Å². The summed E-state index contributed by atoms with van der Waals surface area (Å²) in [5.74, 6) is 1.15. The molecule has 0 bridgehead atoms. The molecule has 2 N–H and O–H groups in total.